The van der Waals surface area contributed by atoms with Crippen LogP contribution in [0.2, 0.25) is 0 Å². The predicted molar refractivity (Wildman–Crippen MR) is 73.4 cm³/mol. The van der Waals surface area contributed by atoms with Gasteiger partial charge in [0.1, 0.15) is 5.75 Å². The second kappa shape index (κ2) is 6.54. The van der Waals surface area contributed by atoms with E-state index in [1.807, 2.05) is 24.3 Å². The lowest BCUT2D eigenvalue weighted by atomic mass is 9.89. The molecule has 1 aromatic carbocycles. The molecule has 1 saturated carbocycles. The predicted octanol–water partition coefficient (Wildman–Crippen LogP) is 1.40. The van der Waals surface area contributed by atoms with Gasteiger partial charge in [0.15, 0.2) is 0 Å². The maximum Gasteiger partial charge on any atom is 0.238 e. The molecule has 1 aliphatic rings. The van der Waals surface area contributed by atoms with Crippen molar-refractivity contribution in [3.05, 3.63) is 24.3 Å². The van der Waals surface area contributed by atoms with Crippen LogP contribution in [0.1, 0.15) is 12.8 Å². The van der Waals surface area contributed by atoms with Crippen molar-refractivity contribution >= 4 is 11.6 Å². The van der Waals surface area contributed by atoms with Crippen molar-refractivity contribution in [3.63, 3.8) is 0 Å². The number of amides is 1. The van der Waals surface area contributed by atoms with Gasteiger partial charge >= 0.3 is 0 Å². The minimum atomic E-state index is -0.0361. The van der Waals surface area contributed by atoms with Gasteiger partial charge in [0.2, 0.25) is 5.91 Å². The minimum Gasteiger partial charge on any atom is -0.497 e. The molecule has 19 heavy (non-hydrogen) atoms. The Hall–Kier alpha value is -1.59. The first kappa shape index (κ1) is 13.8. The van der Waals surface area contributed by atoms with Crippen molar-refractivity contribution in [2.45, 2.75) is 25.0 Å². The molecule has 0 aliphatic heterocycles. The summed E-state index contributed by atoms with van der Waals surface area (Å²) in [7, 11) is 3.33. The number of ether oxygens (including phenoxy) is 2. The number of benzene rings is 1. The standard InChI is InChI=1S/C14H20N2O3/c1-18-12-5-3-10(4-6-12)16-14(17)9-15-11-7-13(8-11)19-2/h3-6,11,13,15H,7-9H2,1-2H3,(H,16,17). The molecule has 0 saturated heterocycles. The molecule has 5 heteroatoms. The van der Waals surface area contributed by atoms with Gasteiger partial charge in [0, 0.05) is 18.8 Å². The third kappa shape index (κ3) is 3.94. The summed E-state index contributed by atoms with van der Waals surface area (Å²) in [6.45, 7) is 0.327. The topological polar surface area (TPSA) is 59.6 Å². The summed E-state index contributed by atoms with van der Waals surface area (Å²) in [6, 6.07) is 7.67. The number of carbonyl (C=O) groups excluding carboxylic acids is 1. The van der Waals surface area contributed by atoms with Crippen LogP contribution in [-0.2, 0) is 9.53 Å². The zero-order valence-corrected chi connectivity index (χ0v) is 11.3. The quantitative estimate of drug-likeness (QED) is 0.815. The first-order valence-electron chi connectivity index (χ1n) is 6.41. The molecule has 0 radical (unpaired) electrons. The molecule has 1 fully saturated rings. The lowest BCUT2D eigenvalue weighted by Gasteiger charge is -2.34. The van der Waals surface area contributed by atoms with Crippen LogP contribution < -0.4 is 15.4 Å². The number of methoxy groups -OCH3 is 2. The molecule has 1 aliphatic carbocycles. The minimum absolute atomic E-state index is 0.0361. The van der Waals surface area contributed by atoms with E-state index in [2.05, 4.69) is 10.6 Å². The second-order valence-corrected chi connectivity index (χ2v) is 4.68. The highest BCUT2D eigenvalue weighted by atomic mass is 16.5. The fourth-order valence-electron chi connectivity index (χ4n) is 2.04. The summed E-state index contributed by atoms with van der Waals surface area (Å²) in [5.41, 5.74) is 0.774. The zero-order chi connectivity index (χ0) is 13.7. The Balaban J connectivity index is 1.69. The van der Waals surface area contributed by atoms with Gasteiger partial charge in [-0.2, -0.15) is 0 Å². The number of rotatable bonds is 6. The van der Waals surface area contributed by atoms with Crippen LogP contribution in [0.15, 0.2) is 24.3 Å². The fraction of sp³-hybridized carbons (Fsp3) is 0.500. The lowest BCUT2D eigenvalue weighted by molar-refractivity contribution is -0.115. The average molecular weight is 264 g/mol. The van der Waals surface area contributed by atoms with Crippen molar-refractivity contribution in [2.75, 3.05) is 26.1 Å². The molecule has 0 aromatic heterocycles. The molecule has 5 nitrogen and oxygen atoms in total. The van der Waals surface area contributed by atoms with Gasteiger partial charge in [0.05, 0.1) is 19.8 Å². The summed E-state index contributed by atoms with van der Waals surface area (Å²) in [4.78, 5) is 11.7. The van der Waals surface area contributed by atoms with E-state index >= 15 is 0 Å². The Bertz CT molecular complexity index is 413. The van der Waals surface area contributed by atoms with Crippen molar-refractivity contribution < 1.29 is 14.3 Å². The molecule has 0 atom stereocenters. The molecular formula is C14H20N2O3. The van der Waals surface area contributed by atoms with Gasteiger partial charge < -0.3 is 20.1 Å². The number of hydrogen-bond donors (Lipinski definition) is 2. The van der Waals surface area contributed by atoms with Crippen molar-refractivity contribution in [3.8, 4) is 5.75 Å². The monoisotopic (exact) mass is 264 g/mol. The van der Waals surface area contributed by atoms with E-state index in [1.165, 1.54) is 0 Å². The first-order valence-corrected chi connectivity index (χ1v) is 6.41. The van der Waals surface area contributed by atoms with Gasteiger partial charge in [-0.25, -0.2) is 0 Å². The largest absolute Gasteiger partial charge is 0.497 e. The molecule has 2 rings (SSSR count). The number of carbonyl (C=O) groups is 1. The van der Waals surface area contributed by atoms with Crippen molar-refractivity contribution in [1.82, 2.24) is 5.32 Å². The maximum absolute atomic E-state index is 11.7. The SMILES string of the molecule is COc1ccc(NC(=O)CNC2CC(OC)C2)cc1. The Kier molecular flexibility index (Phi) is 4.76. The van der Waals surface area contributed by atoms with E-state index in [1.54, 1.807) is 14.2 Å². The Morgan fingerprint density at radius 2 is 1.95 bits per heavy atom. The molecule has 0 spiro atoms. The van der Waals surface area contributed by atoms with Crippen LogP contribution in [0, 0.1) is 0 Å². The van der Waals surface area contributed by atoms with E-state index in [0.29, 0.717) is 18.7 Å². The van der Waals surface area contributed by atoms with Crippen LogP contribution >= 0.6 is 0 Å². The summed E-state index contributed by atoms with van der Waals surface area (Å²) in [5, 5.41) is 6.04. The number of nitrogens with one attached hydrogen (secondary N) is 2. The van der Waals surface area contributed by atoms with Gasteiger partial charge in [-0.1, -0.05) is 0 Å². The summed E-state index contributed by atoms with van der Waals surface area (Å²) < 4.78 is 10.2. The normalized spacial score (nSPS) is 21.6. The zero-order valence-electron chi connectivity index (χ0n) is 11.3. The smallest absolute Gasteiger partial charge is 0.238 e. The Morgan fingerprint density at radius 1 is 1.26 bits per heavy atom. The van der Waals surface area contributed by atoms with Crippen LogP contribution in [0.4, 0.5) is 5.69 Å². The molecule has 2 N–H and O–H groups in total. The first-order chi connectivity index (χ1) is 9.21. The molecule has 104 valence electrons. The van der Waals surface area contributed by atoms with E-state index < -0.39 is 0 Å². The van der Waals surface area contributed by atoms with Gasteiger partial charge in [-0.3, -0.25) is 4.79 Å². The Labute approximate surface area is 113 Å². The highest BCUT2D eigenvalue weighted by Gasteiger charge is 2.28. The van der Waals surface area contributed by atoms with E-state index in [9.17, 15) is 4.79 Å². The molecule has 0 bridgehead atoms. The van der Waals surface area contributed by atoms with Crippen LogP contribution in [0.5, 0.6) is 5.75 Å². The number of hydrogen-bond acceptors (Lipinski definition) is 4. The van der Waals surface area contributed by atoms with Gasteiger partial charge in [-0.05, 0) is 37.1 Å². The maximum atomic E-state index is 11.7. The van der Waals surface area contributed by atoms with E-state index in [4.69, 9.17) is 9.47 Å². The molecule has 0 unspecified atom stereocenters. The molecule has 1 aromatic rings. The van der Waals surface area contributed by atoms with Crippen molar-refractivity contribution in [2.24, 2.45) is 0 Å². The van der Waals surface area contributed by atoms with Crippen molar-refractivity contribution in [1.29, 1.82) is 0 Å². The second-order valence-electron chi connectivity index (χ2n) is 4.68. The molecular weight excluding hydrogens is 244 g/mol. The highest BCUT2D eigenvalue weighted by molar-refractivity contribution is 5.92. The third-order valence-electron chi connectivity index (χ3n) is 3.35. The average Bonchev–Trinajstić information content (AvgIpc) is 2.38. The van der Waals surface area contributed by atoms with Gasteiger partial charge in [0.25, 0.3) is 0 Å². The molecule has 1 amide bonds. The summed E-state index contributed by atoms with van der Waals surface area (Å²) in [5.74, 6) is 0.738. The Morgan fingerprint density at radius 3 is 2.53 bits per heavy atom. The van der Waals surface area contributed by atoms with E-state index in [0.717, 1.165) is 24.3 Å². The number of anilines is 1. The van der Waals surface area contributed by atoms with E-state index in [-0.39, 0.29) is 5.91 Å². The third-order valence-corrected chi connectivity index (χ3v) is 3.35. The molecule has 0 heterocycles. The van der Waals surface area contributed by atoms with Crippen LogP contribution in [0.25, 0.3) is 0 Å². The summed E-state index contributed by atoms with van der Waals surface area (Å²) in [6.07, 6.45) is 2.31. The van der Waals surface area contributed by atoms with Crippen LogP contribution in [0.3, 0.4) is 0 Å². The lowest BCUT2D eigenvalue weighted by Crippen LogP contribution is -2.47. The highest BCUT2D eigenvalue weighted by Crippen LogP contribution is 2.22. The van der Waals surface area contributed by atoms with Crippen LogP contribution in [-0.4, -0.2) is 38.8 Å². The summed E-state index contributed by atoms with van der Waals surface area (Å²) >= 11 is 0. The van der Waals surface area contributed by atoms with Gasteiger partial charge in [-0.15, -0.1) is 0 Å². The fourth-order valence-corrected chi connectivity index (χ4v) is 2.04.